The third-order valence-electron chi connectivity index (χ3n) is 2.74. The van der Waals surface area contributed by atoms with Crippen LogP contribution < -0.4 is 5.32 Å². The molecule has 2 N–H and O–H groups in total. The van der Waals surface area contributed by atoms with Crippen LogP contribution in [0.25, 0.3) is 0 Å². The van der Waals surface area contributed by atoms with Gasteiger partial charge in [0.25, 0.3) is 5.69 Å². The van der Waals surface area contributed by atoms with E-state index < -0.39 is 10.7 Å². The van der Waals surface area contributed by atoms with Crippen LogP contribution in [0, 0.1) is 21.8 Å². The fourth-order valence-corrected chi connectivity index (χ4v) is 1.69. The molecule has 5 nitrogen and oxygen atoms in total. The molecule has 0 spiro atoms. The van der Waals surface area contributed by atoms with Crippen molar-refractivity contribution in [3.8, 4) is 0 Å². The van der Waals surface area contributed by atoms with Crippen molar-refractivity contribution in [2.45, 2.75) is 26.3 Å². The minimum Gasteiger partial charge on any atom is -0.396 e. The molecular formula is C12H17FN2O3. The first-order chi connectivity index (χ1) is 8.45. The zero-order valence-electron chi connectivity index (χ0n) is 10.4. The number of benzene rings is 1. The number of hydrogen-bond acceptors (Lipinski definition) is 4. The van der Waals surface area contributed by atoms with Crippen molar-refractivity contribution in [1.29, 1.82) is 0 Å². The number of aliphatic hydroxyl groups is 1. The molecule has 0 aromatic heterocycles. The number of nitro benzene ring substituents is 1. The summed E-state index contributed by atoms with van der Waals surface area (Å²) in [6.45, 7) is 3.83. The summed E-state index contributed by atoms with van der Waals surface area (Å²) in [5.41, 5.74) is -0.0212. The van der Waals surface area contributed by atoms with Gasteiger partial charge in [-0.15, -0.1) is 0 Å². The highest BCUT2D eigenvalue weighted by molar-refractivity contribution is 5.61. The average molecular weight is 256 g/mol. The SMILES string of the molecule is CC(C)C(CCO)Nc1cc(F)ccc1[N+](=O)[O-]. The lowest BCUT2D eigenvalue weighted by atomic mass is 10.0. The van der Waals surface area contributed by atoms with Gasteiger partial charge in [-0.2, -0.15) is 0 Å². The van der Waals surface area contributed by atoms with Gasteiger partial charge in [-0.05, 0) is 18.4 Å². The Balaban J connectivity index is 3.00. The summed E-state index contributed by atoms with van der Waals surface area (Å²) in [4.78, 5) is 10.3. The molecule has 0 saturated heterocycles. The van der Waals surface area contributed by atoms with Crippen molar-refractivity contribution in [1.82, 2.24) is 0 Å². The molecule has 100 valence electrons. The zero-order valence-corrected chi connectivity index (χ0v) is 10.4. The Morgan fingerprint density at radius 2 is 2.17 bits per heavy atom. The Hall–Kier alpha value is -1.69. The number of nitro groups is 1. The first-order valence-electron chi connectivity index (χ1n) is 5.77. The van der Waals surface area contributed by atoms with E-state index in [9.17, 15) is 14.5 Å². The quantitative estimate of drug-likeness (QED) is 0.606. The van der Waals surface area contributed by atoms with E-state index in [0.29, 0.717) is 6.42 Å². The molecule has 0 aliphatic heterocycles. The highest BCUT2D eigenvalue weighted by atomic mass is 19.1. The number of anilines is 1. The van der Waals surface area contributed by atoms with Crippen LogP contribution in [0.1, 0.15) is 20.3 Å². The van der Waals surface area contributed by atoms with E-state index in [0.717, 1.165) is 18.2 Å². The lowest BCUT2D eigenvalue weighted by Gasteiger charge is -2.22. The lowest BCUT2D eigenvalue weighted by Crippen LogP contribution is -2.27. The second-order valence-electron chi connectivity index (χ2n) is 4.43. The van der Waals surface area contributed by atoms with Gasteiger partial charge in [0.1, 0.15) is 11.5 Å². The number of aliphatic hydroxyl groups excluding tert-OH is 1. The first kappa shape index (κ1) is 14.4. The van der Waals surface area contributed by atoms with Crippen molar-refractivity contribution >= 4 is 11.4 Å². The van der Waals surface area contributed by atoms with Crippen molar-refractivity contribution in [3.05, 3.63) is 34.1 Å². The van der Waals surface area contributed by atoms with E-state index in [-0.39, 0.29) is 29.9 Å². The standard InChI is InChI=1S/C12H17FN2O3/c1-8(2)10(5-6-16)14-11-7-9(13)3-4-12(11)15(17)18/h3-4,7-8,10,14,16H,5-6H2,1-2H3. The van der Waals surface area contributed by atoms with E-state index in [1.165, 1.54) is 0 Å². The monoisotopic (exact) mass is 256 g/mol. The third-order valence-corrected chi connectivity index (χ3v) is 2.74. The summed E-state index contributed by atoms with van der Waals surface area (Å²) in [5.74, 6) is -0.366. The van der Waals surface area contributed by atoms with Crippen LogP contribution in [0.3, 0.4) is 0 Å². The summed E-state index contributed by atoms with van der Waals surface area (Å²) < 4.78 is 13.1. The molecule has 1 rings (SSSR count). The van der Waals surface area contributed by atoms with Crippen LogP contribution in [-0.4, -0.2) is 22.7 Å². The molecule has 0 heterocycles. The van der Waals surface area contributed by atoms with E-state index in [2.05, 4.69) is 5.32 Å². The minimum atomic E-state index is -0.557. The predicted octanol–water partition coefficient (Wildman–Crippen LogP) is 2.55. The van der Waals surface area contributed by atoms with Crippen LogP contribution >= 0.6 is 0 Å². The molecule has 0 amide bonds. The molecule has 0 fully saturated rings. The van der Waals surface area contributed by atoms with Crippen LogP contribution in [0.15, 0.2) is 18.2 Å². The van der Waals surface area contributed by atoms with Crippen LogP contribution in [0.5, 0.6) is 0 Å². The zero-order chi connectivity index (χ0) is 13.7. The normalized spacial score (nSPS) is 12.5. The van der Waals surface area contributed by atoms with E-state index >= 15 is 0 Å². The smallest absolute Gasteiger partial charge is 0.292 e. The second-order valence-corrected chi connectivity index (χ2v) is 4.43. The molecule has 0 aliphatic rings. The van der Waals surface area contributed by atoms with Crippen molar-refractivity contribution < 1.29 is 14.4 Å². The number of nitrogens with one attached hydrogen (secondary N) is 1. The second kappa shape index (κ2) is 6.30. The lowest BCUT2D eigenvalue weighted by molar-refractivity contribution is -0.384. The summed E-state index contributed by atoms with van der Waals surface area (Å²) >= 11 is 0. The average Bonchev–Trinajstić information content (AvgIpc) is 2.28. The summed E-state index contributed by atoms with van der Waals surface area (Å²) in [6, 6.07) is 3.15. The van der Waals surface area contributed by atoms with Gasteiger partial charge in [0.2, 0.25) is 0 Å². The van der Waals surface area contributed by atoms with Gasteiger partial charge in [0, 0.05) is 24.8 Å². The fourth-order valence-electron chi connectivity index (χ4n) is 1.69. The molecular weight excluding hydrogens is 239 g/mol. The number of rotatable bonds is 6. The highest BCUT2D eigenvalue weighted by Crippen LogP contribution is 2.27. The molecule has 1 aromatic rings. The number of hydrogen-bond donors (Lipinski definition) is 2. The molecule has 0 radical (unpaired) electrons. The van der Waals surface area contributed by atoms with Gasteiger partial charge < -0.3 is 10.4 Å². The van der Waals surface area contributed by atoms with Crippen molar-refractivity contribution in [2.24, 2.45) is 5.92 Å². The van der Waals surface area contributed by atoms with Gasteiger partial charge >= 0.3 is 0 Å². The number of halogens is 1. The first-order valence-corrected chi connectivity index (χ1v) is 5.77. The Bertz CT molecular complexity index is 424. The predicted molar refractivity (Wildman–Crippen MR) is 67.0 cm³/mol. The van der Waals surface area contributed by atoms with Gasteiger partial charge in [-0.1, -0.05) is 13.8 Å². The molecule has 18 heavy (non-hydrogen) atoms. The maximum atomic E-state index is 13.1. The Kier molecular flexibility index (Phi) is 5.03. The van der Waals surface area contributed by atoms with E-state index in [1.54, 1.807) is 0 Å². The molecule has 0 saturated carbocycles. The number of nitrogens with zero attached hydrogens (tertiary/aromatic N) is 1. The largest absolute Gasteiger partial charge is 0.396 e. The molecule has 1 unspecified atom stereocenters. The third kappa shape index (κ3) is 3.66. The topological polar surface area (TPSA) is 75.4 Å². The summed E-state index contributed by atoms with van der Waals surface area (Å²) in [5, 5.41) is 22.7. The van der Waals surface area contributed by atoms with Crippen LogP contribution in [0.4, 0.5) is 15.8 Å². The molecule has 0 aliphatic carbocycles. The molecule has 0 bridgehead atoms. The van der Waals surface area contributed by atoms with Crippen LogP contribution in [-0.2, 0) is 0 Å². The van der Waals surface area contributed by atoms with E-state index in [1.807, 2.05) is 13.8 Å². The van der Waals surface area contributed by atoms with Gasteiger partial charge in [-0.25, -0.2) is 4.39 Å². The Morgan fingerprint density at radius 3 is 2.67 bits per heavy atom. The van der Waals surface area contributed by atoms with Crippen molar-refractivity contribution in [2.75, 3.05) is 11.9 Å². The summed E-state index contributed by atoms with van der Waals surface area (Å²) in [6.07, 6.45) is 0.450. The van der Waals surface area contributed by atoms with Crippen LogP contribution in [0.2, 0.25) is 0 Å². The maximum absolute atomic E-state index is 13.1. The maximum Gasteiger partial charge on any atom is 0.292 e. The van der Waals surface area contributed by atoms with Gasteiger partial charge in [0.05, 0.1) is 4.92 Å². The molecule has 1 aromatic carbocycles. The molecule has 6 heteroatoms. The van der Waals surface area contributed by atoms with E-state index in [4.69, 9.17) is 5.11 Å². The summed E-state index contributed by atoms with van der Waals surface area (Å²) in [7, 11) is 0. The minimum absolute atomic E-state index is 0.0288. The van der Waals surface area contributed by atoms with Gasteiger partial charge in [0.15, 0.2) is 0 Å². The fraction of sp³-hybridized carbons (Fsp3) is 0.500. The molecule has 1 atom stereocenters. The van der Waals surface area contributed by atoms with Crippen molar-refractivity contribution in [3.63, 3.8) is 0 Å². The Labute approximate surface area is 105 Å². The Morgan fingerprint density at radius 1 is 1.50 bits per heavy atom. The highest BCUT2D eigenvalue weighted by Gasteiger charge is 2.19. The van der Waals surface area contributed by atoms with Gasteiger partial charge in [-0.3, -0.25) is 10.1 Å².